The molecule has 0 aromatic carbocycles. The highest BCUT2D eigenvalue weighted by atomic mass is 32.1. The van der Waals surface area contributed by atoms with Crippen LogP contribution in [0.5, 0.6) is 0 Å². The van der Waals surface area contributed by atoms with E-state index in [1.165, 1.54) is 0 Å². The quantitative estimate of drug-likeness (QED) is 0.759. The van der Waals surface area contributed by atoms with Crippen molar-refractivity contribution in [3.63, 3.8) is 0 Å². The van der Waals surface area contributed by atoms with Crippen LogP contribution in [0.1, 0.15) is 36.9 Å². The van der Waals surface area contributed by atoms with Crippen LogP contribution in [0.4, 0.5) is 0 Å². The molecule has 0 spiro atoms. The molecule has 0 fully saturated rings. The van der Waals surface area contributed by atoms with Crippen LogP contribution in [0, 0.1) is 0 Å². The average Bonchev–Trinajstić information content (AvgIpc) is 2.75. The van der Waals surface area contributed by atoms with Crippen LogP contribution in [0.2, 0.25) is 0 Å². The van der Waals surface area contributed by atoms with E-state index in [1.54, 1.807) is 18.4 Å². The molecule has 5 heteroatoms. The van der Waals surface area contributed by atoms with Gasteiger partial charge in [-0.25, -0.2) is 4.98 Å². The summed E-state index contributed by atoms with van der Waals surface area (Å²) in [4.78, 5) is 15.9. The first-order chi connectivity index (χ1) is 8.13. The van der Waals surface area contributed by atoms with Crippen molar-refractivity contribution in [2.24, 2.45) is 0 Å². The van der Waals surface area contributed by atoms with Crippen LogP contribution in [-0.2, 0) is 16.0 Å². The first-order valence-electron chi connectivity index (χ1n) is 5.83. The molecule has 1 amide bonds. The van der Waals surface area contributed by atoms with Gasteiger partial charge in [-0.3, -0.25) is 4.79 Å². The molecule has 1 N–H and O–H groups in total. The van der Waals surface area contributed by atoms with Crippen molar-refractivity contribution in [3.05, 3.63) is 16.1 Å². The van der Waals surface area contributed by atoms with Gasteiger partial charge < -0.3 is 10.1 Å². The molecule has 96 valence electrons. The van der Waals surface area contributed by atoms with Crippen molar-refractivity contribution in [3.8, 4) is 0 Å². The van der Waals surface area contributed by atoms with E-state index < -0.39 is 0 Å². The predicted molar refractivity (Wildman–Crippen MR) is 69.4 cm³/mol. The van der Waals surface area contributed by atoms with Gasteiger partial charge >= 0.3 is 0 Å². The Morgan fingerprint density at radius 3 is 2.94 bits per heavy atom. The van der Waals surface area contributed by atoms with Crippen molar-refractivity contribution in [1.82, 2.24) is 10.3 Å². The summed E-state index contributed by atoms with van der Waals surface area (Å²) in [6.07, 6.45) is 1.21. The molecule has 17 heavy (non-hydrogen) atoms. The zero-order chi connectivity index (χ0) is 12.7. The Kier molecular flexibility index (Phi) is 6.15. The van der Waals surface area contributed by atoms with Gasteiger partial charge in [-0.15, -0.1) is 11.3 Å². The van der Waals surface area contributed by atoms with Gasteiger partial charge in [0.05, 0.1) is 17.3 Å². The number of carbonyl (C=O) groups is 1. The van der Waals surface area contributed by atoms with E-state index in [1.807, 2.05) is 0 Å². The van der Waals surface area contributed by atoms with Crippen molar-refractivity contribution in [1.29, 1.82) is 0 Å². The van der Waals surface area contributed by atoms with Crippen LogP contribution < -0.4 is 5.32 Å². The Morgan fingerprint density at radius 2 is 2.35 bits per heavy atom. The zero-order valence-corrected chi connectivity index (χ0v) is 11.5. The Morgan fingerprint density at radius 1 is 1.59 bits per heavy atom. The summed E-state index contributed by atoms with van der Waals surface area (Å²) >= 11 is 1.63. The Bertz CT molecular complexity index is 350. The number of nitrogens with one attached hydrogen (secondary N) is 1. The maximum absolute atomic E-state index is 11.4. The number of hydrogen-bond donors (Lipinski definition) is 1. The van der Waals surface area contributed by atoms with Gasteiger partial charge in [0, 0.05) is 31.9 Å². The van der Waals surface area contributed by atoms with Crippen LogP contribution in [0.25, 0.3) is 0 Å². The van der Waals surface area contributed by atoms with Gasteiger partial charge in [0.25, 0.3) is 0 Å². The normalized spacial score (nSPS) is 10.8. The number of thiazole rings is 1. The number of methoxy groups -OCH3 is 1. The topological polar surface area (TPSA) is 51.2 Å². The Labute approximate surface area is 106 Å². The summed E-state index contributed by atoms with van der Waals surface area (Å²) in [6.45, 7) is 5.37. The number of aryl methyl sites for hydroxylation is 1. The SMILES string of the molecule is COCCNC(=O)CCc1nc(C(C)C)cs1. The molecule has 0 aliphatic carbocycles. The molecule has 0 radical (unpaired) electrons. The largest absolute Gasteiger partial charge is 0.383 e. The van der Waals surface area contributed by atoms with Gasteiger partial charge in [-0.1, -0.05) is 13.8 Å². The van der Waals surface area contributed by atoms with Gasteiger partial charge in [-0.05, 0) is 5.92 Å². The molecule has 4 nitrogen and oxygen atoms in total. The van der Waals surface area contributed by atoms with Gasteiger partial charge in [0.15, 0.2) is 0 Å². The van der Waals surface area contributed by atoms with E-state index in [9.17, 15) is 4.79 Å². The van der Waals surface area contributed by atoms with Crippen molar-refractivity contribution >= 4 is 17.2 Å². The summed E-state index contributed by atoms with van der Waals surface area (Å²) < 4.78 is 4.86. The second-order valence-corrected chi connectivity index (χ2v) is 5.11. The Hall–Kier alpha value is -0.940. The standard InChI is InChI=1S/C12H20N2O2S/c1-9(2)10-8-17-12(14-10)5-4-11(15)13-6-7-16-3/h8-9H,4-7H2,1-3H3,(H,13,15). The number of hydrogen-bond acceptors (Lipinski definition) is 4. The first kappa shape index (κ1) is 14.1. The zero-order valence-electron chi connectivity index (χ0n) is 10.7. The van der Waals surface area contributed by atoms with E-state index in [0.29, 0.717) is 25.5 Å². The van der Waals surface area contributed by atoms with Crippen LogP contribution in [-0.4, -0.2) is 31.2 Å². The summed E-state index contributed by atoms with van der Waals surface area (Å²) in [5, 5.41) is 5.91. The lowest BCUT2D eigenvalue weighted by molar-refractivity contribution is -0.121. The minimum absolute atomic E-state index is 0.0587. The lowest BCUT2D eigenvalue weighted by Gasteiger charge is -2.03. The fourth-order valence-corrected chi connectivity index (χ4v) is 2.27. The smallest absolute Gasteiger partial charge is 0.220 e. The average molecular weight is 256 g/mol. The molecule has 0 unspecified atom stereocenters. The van der Waals surface area contributed by atoms with Crippen LogP contribution in [0.15, 0.2) is 5.38 Å². The van der Waals surface area contributed by atoms with Gasteiger partial charge in [0.2, 0.25) is 5.91 Å². The maximum Gasteiger partial charge on any atom is 0.220 e. The minimum atomic E-state index is 0.0587. The minimum Gasteiger partial charge on any atom is -0.383 e. The highest BCUT2D eigenvalue weighted by Gasteiger charge is 2.07. The third kappa shape index (κ3) is 5.28. The van der Waals surface area contributed by atoms with E-state index in [0.717, 1.165) is 17.1 Å². The number of rotatable bonds is 7. The lowest BCUT2D eigenvalue weighted by Crippen LogP contribution is -2.27. The monoisotopic (exact) mass is 256 g/mol. The summed E-state index contributed by atoms with van der Waals surface area (Å²) in [5.74, 6) is 0.513. The van der Waals surface area contributed by atoms with E-state index >= 15 is 0 Å². The molecule has 0 aliphatic heterocycles. The van der Waals surface area contributed by atoms with Crippen LogP contribution >= 0.6 is 11.3 Å². The fraction of sp³-hybridized carbons (Fsp3) is 0.667. The number of nitrogens with zero attached hydrogens (tertiary/aromatic N) is 1. The van der Waals surface area contributed by atoms with E-state index in [-0.39, 0.29) is 5.91 Å². The molecule has 1 rings (SSSR count). The van der Waals surface area contributed by atoms with E-state index in [4.69, 9.17) is 4.74 Å². The highest BCUT2D eigenvalue weighted by Crippen LogP contribution is 2.18. The third-order valence-electron chi connectivity index (χ3n) is 2.36. The van der Waals surface area contributed by atoms with Crippen molar-refractivity contribution in [2.45, 2.75) is 32.6 Å². The Balaban J connectivity index is 2.27. The second-order valence-electron chi connectivity index (χ2n) is 4.16. The molecule has 1 aromatic rings. The maximum atomic E-state index is 11.4. The van der Waals surface area contributed by atoms with Crippen molar-refractivity contribution in [2.75, 3.05) is 20.3 Å². The highest BCUT2D eigenvalue weighted by molar-refractivity contribution is 7.09. The lowest BCUT2D eigenvalue weighted by atomic mass is 10.2. The summed E-state index contributed by atoms with van der Waals surface area (Å²) in [5.41, 5.74) is 1.12. The molecule has 0 saturated carbocycles. The number of carbonyl (C=O) groups excluding carboxylic acids is 1. The number of ether oxygens (including phenoxy) is 1. The van der Waals surface area contributed by atoms with Gasteiger partial charge in [-0.2, -0.15) is 0 Å². The number of aromatic nitrogens is 1. The fourth-order valence-electron chi connectivity index (χ4n) is 1.31. The molecule has 1 heterocycles. The summed E-state index contributed by atoms with van der Waals surface area (Å²) in [6, 6.07) is 0. The number of amides is 1. The molecule has 0 aliphatic rings. The molecule has 0 bridgehead atoms. The molecular weight excluding hydrogens is 236 g/mol. The van der Waals surface area contributed by atoms with E-state index in [2.05, 4.69) is 29.5 Å². The van der Waals surface area contributed by atoms with Crippen molar-refractivity contribution < 1.29 is 9.53 Å². The van der Waals surface area contributed by atoms with Crippen LogP contribution in [0.3, 0.4) is 0 Å². The molecule has 0 saturated heterocycles. The molecule has 1 aromatic heterocycles. The third-order valence-corrected chi connectivity index (χ3v) is 3.28. The molecule has 0 atom stereocenters. The second kappa shape index (κ2) is 7.40. The van der Waals surface area contributed by atoms with Gasteiger partial charge in [0.1, 0.15) is 0 Å². The first-order valence-corrected chi connectivity index (χ1v) is 6.71. The predicted octanol–water partition coefficient (Wildman–Crippen LogP) is 1.96. The molecular formula is C12H20N2O2S. The summed E-state index contributed by atoms with van der Waals surface area (Å²) in [7, 11) is 1.62.